The first kappa shape index (κ1) is 24.9. The quantitative estimate of drug-likeness (QED) is 0.425. The highest BCUT2D eigenvalue weighted by atomic mass is 16.3. The van der Waals surface area contributed by atoms with Crippen molar-refractivity contribution in [2.75, 3.05) is 6.61 Å². The lowest BCUT2D eigenvalue weighted by atomic mass is 9.43. The molecule has 4 aliphatic carbocycles. The molecule has 0 aromatic carbocycles. The highest BCUT2D eigenvalue weighted by molar-refractivity contribution is 5.14. The summed E-state index contributed by atoms with van der Waals surface area (Å²) in [5.41, 5.74) is -1.06. The Kier molecular flexibility index (Phi) is 6.84. The molecule has 0 saturated heterocycles. The minimum absolute atomic E-state index is 0.116. The molecule has 0 aliphatic heterocycles. The average molecular weight is 453 g/mol. The van der Waals surface area contributed by atoms with E-state index in [-0.39, 0.29) is 41.7 Å². The molecule has 0 radical (unpaired) electrons. The lowest BCUT2D eigenvalue weighted by molar-refractivity contribution is -0.207. The molecule has 0 aromatic heterocycles. The van der Waals surface area contributed by atoms with Gasteiger partial charge in [0.2, 0.25) is 0 Å². The standard InChI is InChI=1S/C27H48O5/c1-16(6-5-10-25(2,32)15-28)19-7-8-20-24-21(14-23(31)27(19,20)4)26(3)11-9-18(29)12-17(26)13-22(24)30/h16-24,28-32H,5-15H2,1-4H3/t16?,17-,18-,19-,20+,21+,22-,23+,24+,25?,26?,27?/m1/s1. The molecule has 12 atom stereocenters. The molecule has 4 rings (SSSR count). The summed E-state index contributed by atoms with van der Waals surface area (Å²) in [6, 6.07) is 0. The van der Waals surface area contributed by atoms with Gasteiger partial charge in [-0.15, -0.1) is 0 Å². The van der Waals surface area contributed by atoms with Gasteiger partial charge in [-0.05, 0) is 105 Å². The largest absolute Gasteiger partial charge is 0.393 e. The van der Waals surface area contributed by atoms with Crippen LogP contribution in [0.25, 0.3) is 0 Å². The molecule has 32 heavy (non-hydrogen) atoms. The summed E-state index contributed by atoms with van der Waals surface area (Å²) in [6.07, 6.45) is 7.96. The van der Waals surface area contributed by atoms with Gasteiger partial charge in [0.25, 0.3) is 0 Å². The average Bonchev–Trinajstić information content (AvgIpc) is 3.08. The maximum atomic E-state index is 11.6. The first-order valence-corrected chi connectivity index (χ1v) is 13.3. The first-order chi connectivity index (χ1) is 14.9. The predicted molar refractivity (Wildman–Crippen MR) is 125 cm³/mol. The van der Waals surface area contributed by atoms with Crippen LogP contribution in [-0.4, -0.2) is 56.1 Å². The fourth-order valence-corrected chi connectivity index (χ4v) is 9.22. The number of fused-ring (bicyclic) bond motifs is 5. The van der Waals surface area contributed by atoms with Crippen LogP contribution in [0.3, 0.4) is 0 Å². The minimum Gasteiger partial charge on any atom is -0.393 e. The number of aliphatic hydroxyl groups is 5. The molecule has 186 valence electrons. The van der Waals surface area contributed by atoms with Crippen LogP contribution in [0.5, 0.6) is 0 Å². The highest BCUT2D eigenvalue weighted by Crippen LogP contribution is 2.68. The fourth-order valence-electron chi connectivity index (χ4n) is 9.22. The fraction of sp³-hybridized carbons (Fsp3) is 1.00. The molecule has 0 bridgehead atoms. The van der Waals surface area contributed by atoms with Gasteiger partial charge in [0.1, 0.15) is 0 Å². The monoisotopic (exact) mass is 452 g/mol. The highest BCUT2D eigenvalue weighted by Gasteiger charge is 2.65. The van der Waals surface area contributed by atoms with Gasteiger partial charge in [0.05, 0.1) is 30.5 Å². The smallest absolute Gasteiger partial charge is 0.0849 e. The molecule has 0 amide bonds. The zero-order valence-electron chi connectivity index (χ0n) is 20.7. The van der Waals surface area contributed by atoms with Crippen molar-refractivity contribution in [1.29, 1.82) is 0 Å². The van der Waals surface area contributed by atoms with Crippen molar-refractivity contribution in [2.24, 2.45) is 46.3 Å². The third kappa shape index (κ3) is 3.98. The van der Waals surface area contributed by atoms with E-state index in [9.17, 15) is 25.5 Å². The van der Waals surface area contributed by atoms with E-state index in [1.54, 1.807) is 6.92 Å². The molecule has 5 heteroatoms. The van der Waals surface area contributed by atoms with E-state index in [4.69, 9.17) is 0 Å². The van der Waals surface area contributed by atoms with E-state index in [1.807, 2.05) is 0 Å². The Labute approximate surface area is 194 Å². The number of hydrogen-bond donors (Lipinski definition) is 5. The van der Waals surface area contributed by atoms with Crippen molar-refractivity contribution in [3.05, 3.63) is 0 Å². The Morgan fingerprint density at radius 3 is 2.41 bits per heavy atom. The Bertz CT molecular complexity index is 666. The molecule has 0 aromatic rings. The SMILES string of the molecule is CC(CCCC(C)(O)CO)[C@H]1CC[C@H]2[C@@H]3[C@H](O)C[C@H]4C[C@H](O)CCC4(C)[C@H]3C[C@H](O)C12C. The second-order valence-corrected chi connectivity index (χ2v) is 13.1. The van der Waals surface area contributed by atoms with Crippen LogP contribution in [0.15, 0.2) is 0 Å². The van der Waals surface area contributed by atoms with Crippen molar-refractivity contribution < 1.29 is 25.5 Å². The zero-order chi connectivity index (χ0) is 23.5. The zero-order valence-corrected chi connectivity index (χ0v) is 20.7. The van der Waals surface area contributed by atoms with Crippen LogP contribution in [0.2, 0.25) is 0 Å². The topological polar surface area (TPSA) is 101 Å². The van der Waals surface area contributed by atoms with Crippen LogP contribution in [-0.2, 0) is 0 Å². The van der Waals surface area contributed by atoms with Gasteiger partial charge >= 0.3 is 0 Å². The van der Waals surface area contributed by atoms with Crippen LogP contribution in [0.4, 0.5) is 0 Å². The Morgan fingerprint density at radius 2 is 1.72 bits per heavy atom. The lowest BCUT2D eigenvalue weighted by Gasteiger charge is -2.63. The Morgan fingerprint density at radius 1 is 1.00 bits per heavy atom. The summed E-state index contributed by atoms with van der Waals surface area (Å²) in [6.45, 7) is 8.45. The molecule has 4 aliphatic rings. The van der Waals surface area contributed by atoms with Crippen LogP contribution in [0, 0.1) is 46.3 Å². The molecular weight excluding hydrogens is 404 g/mol. The Balaban J connectivity index is 1.51. The third-order valence-corrected chi connectivity index (χ3v) is 11.2. The number of hydrogen-bond acceptors (Lipinski definition) is 5. The molecule has 5 nitrogen and oxygen atoms in total. The van der Waals surface area contributed by atoms with E-state index in [2.05, 4.69) is 20.8 Å². The van der Waals surface area contributed by atoms with Crippen molar-refractivity contribution in [3.63, 3.8) is 0 Å². The maximum Gasteiger partial charge on any atom is 0.0849 e. The second-order valence-electron chi connectivity index (χ2n) is 13.1. The van der Waals surface area contributed by atoms with Crippen LogP contribution in [0.1, 0.15) is 91.9 Å². The van der Waals surface area contributed by atoms with Gasteiger partial charge < -0.3 is 25.5 Å². The van der Waals surface area contributed by atoms with Crippen LogP contribution < -0.4 is 0 Å². The van der Waals surface area contributed by atoms with Gasteiger partial charge in [-0.2, -0.15) is 0 Å². The molecular formula is C27H48O5. The minimum atomic E-state index is -1.01. The van der Waals surface area contributed by atoms with E-state index in [0.717, 1.165) is 57.8 Å². The van der Waals surface area contributed by atoms with Gasteiger partial charge in [0.15, 0.2) is 0 Å². The van der Waals surface area contributed by atoms with E-state index in [1.165, 1.54) is 0 Å². The normalized spacial score (nSPS) is 51.3. The summed E-state index contributed by atoms with van der Waals surface area (Å²) >= 11 is 0. The molecule has 0 spiro atoms. The number of aliphatic hydroxyl groups excluding tert-OH is 4. The third-order valence-electron chi connectivity index (χ3n) is 11.2. The molecule has 0 heterocycles. The van der Waals surface area contributed by atoms with Gasteiger partial charge in [-0.25, -0.2) is 0 Å². The summed E-state index contributed by atoms with van der Waals surface area (Å²) in [5.74, 6) is 2.17. The van der Waals surface area contributed by atoms with Crippen molar-refractivity contribution in [3.8, 4) is 0 Å². The molecule has 4 fully saturated rings. The van der Waals surface area contributed by atoms with Crippen LogP contribution >= 0.6 is 0 Å². The van der Waals surface area contributed by atoms with Gasteiger partial charge in [-0.3, -0.25) is 0 Å². The second kappa shape index (κ2) is 8.78. The number of rotatable bonds is 6. The first-order valence-electron chi connectivity index (χ1n) is 13.3. The van der Waals surface area contributed by atoms with Crippen molar-refractivity contribution in [1.82, 2.24) is 0 Å². The van der Waals surface area contributed by atoms with Gasteiger partial charge in [0, 0.05) is 0 Å². The van der Waals surface area contributed by atoms with Crippen molar-refractivity contribution in [2.45, 2.75) is 116 Å². The Hall–Kier alpha value is -0.200. The van der Waals surface area contributed by atoms with E-state index in [0.29, 0.717) is 36.0 Å². The summed E-state index contributed by atoms with van der Waals surface area (Å²) < 4.78 is 0. The summed E-state index contributed by atoms with van der Waals surface area (Å²) in [7, 11) is 0. The molecule has 4 saturated carbocycles. The predicted octanol–water partition coefficient (Wildman–Crippen LogP) is 3.50. The summed E-state index contributed by atoms with van der Waals surface area (Å²) in [4.78, 5) is 0. The van der Waals surface area contributed by atoms with Crippen molar-refractivity contribution >= 4 is 0 Å². The molecule has 5 N–H and O–H groups in total. The molecule has 4 unspecified atom stereocenters. The lowest BCUT2D eigenvalue weighted by Crippen LogP contribution is -2.62. The summed E-state index contributed by atoms with van der Waals surface area (Å²) in [5, 5.41) is 52.7. The van der Waals surface area contributed by atoms with E-state index < -0.39 is 5.60 Å². The van der Waals surface area contributed by atoms with Gasteiger partial charge in [-0.1, -0.05) is 33.6 Å². The van der Waals surface area contributed by atoms with E-state index >= 15 is 0 Å². The maximum absolute atomic E-state index is 11.6.